The fraction of sp³-hybridized carbons (Fsp3) is 0.444. The van der Waals surface area contributed by atoms with Gasteiger partial charge in [0.1, 0.15) is 0 Å². The molecule has 1 aromatic heterocycles. The molecule has 1 aliphatic heterocycles. The van der Waals surface area contributed by atoms with Crippen LogP contribution in [0.3, 0.4) is 0 Å². The molecule has 1 fully saturated rings. The van der Waals surface area contributed by atoms with E-state index < -0.39 is 0 Å². The Kier molecular flexibility index (Phi) is 4.97. The number of carbonyl (C=O) groups excluding carboxylic acids is 1. The monoisotopic (exact) mass is 328 g/mol. The minimum atomic E-state index is -0.120. The molecule has 1 saturated heterocycles. The highest BCUT2D eigenvalue weighted by Gasteiger charge is 2.33. The maximum absolute atomic E-state index is 12.5. The molecule has 0 bridgehead atoms. The van der Waals surface area contributed by atoms with Gasteiger partial charge in [-0.2, -0.15) is 5.10 Å². The summed E-state index contributed by atoms with van der Waals surface area (Å²) in [6.07, 6.45) is 1.73. The molecule has 0 spiro atoms. The first-order valence-corrected chi connectivity index (χ1v) is 8.25. The van der Waals surface area contributed by atoms with E-state index in [1.54, 1.807) is 17.9 Å². The molecule has 2 heterocycles. The van der Waals surface area contributed by atoms with E-state index in [0.29, 0.717) is 5.56 Å². The molecule has 1 aromatic carbocycles. The van der Waals surface area contributed by atoms with Crippen molar-refractivity contribution in [3.8, 4) is 0 Å². The molecule has 1 aliphatic rings. The van der Waals surface area contributed by atoms with E-state index in [-0.39, 0.29) is 24.5 Å². The fourth-order valence-electron chi connectivity index (χ4n) is 3.35. The van der Waals surface area contributed by atoms with Gasteiger partial charge in [-0.25, -0.2) is 0 Å². The second kappa shape index (κ2) is 7.15. The Balaban J connectivity index is 1.64. The summed E-state index contributed by atoms with van der Waals surface area (Å²) in [6.45, 7) is 4.25. The van der Waals surface area contributed by atoms with Crippen molar-refractivity contribution >= 4 is 5.91 Å². The molecule has 1 amide bonds. The quantitative estimate of drug-likeness (QED) is 0.857. The molecule has 0 radical (unpaired) electrons. The molecule has 0 aliphatic carbocycles. The van der Waals surface area contributed by atoms with Crippen molar-refractivity contribution in [2.75, 3.05) is 19.7 Å². The summed E-state index contributed by atoms with van der Waals surface area (Å²) < 4.78 is 1.64. The topological polar surface area (TPSA) is 70.4 Å². The lowest BCUT2D eigenvalue weighted by molar-refractivity contribution is 0.0920. The molecule has 0 saturated carbocycles. The highest BCUT2D eigenvalue weighted by Crippen LogP contribution is 2.20. The Bertz CT molecular complexity index is 698. The maximum atomic E-state index is 12.5. The second-order valence-corrected chi connectivity index (χ2v) is 6.50. The summed E-state index contributed by atoms with van der Waals surface area (Å²) >= 11 is 0. The summed E-state index contributed by atoms with van der Waals surface area (Å²) in [5, 5.41) is 17.0. The minimum Gasteiger partial charge on any atom is -0.396 e. The average Bonchev–Trinajstić information content (AvgIpc) is 3.10. The number of hydrogen-bond donors (Lipinski definition) is 2. The molecular weight excluding hydrogens is 304 g/mol. The number of aromatic nitrogens is 2. The van der Waals surface area contributed by atoms with Gasteiger partial charge in [-0.15, -0.1) is 0 Å². The number of rotatable bonds is 5. The Labute approximate surface area is 142 Å². The minimum absolute atomic E-state index is 0.0502. The van der Waals surface area contributed by atoms with Crippen molar-refractivity contribution in [3.63, 3.8) is 0 Å². The number of aryl methyl sites for hydroxylation is 2. The lowest BCUT2D eigenvalue weighted by Gasteiger charge is -2.18. The van der Waals surface area contributed by atoms with Crippen LogP contribution in [0.15, 0.2) is 36.5 Å². The van der Waals surface area contributed by atoms with Crippen LogP contribution in [0.25, 0.3) is 0 Å². The van der Waals surface area contributed by atoms with Crippen LogP contribution in [0.5, 0.6) is 0 Å². The van der Waals surface area contributed by atoms with Crippen LogP contribution in [0, 0.1) is 12.8 Å². The van der Waals surface area contributed by atoms with Gasteiger partial charge in [0.15, 0.2) is 0 Å². The molecule has 3 rings (SSSR count). The zero-order chi connectivity index (χ0) is 17.1. The van der Waals surface area contributed by atoms with Gasteiger partial charge in [0.2, 0.25) is 0 Å². The van der Waals surface area contributed by atoms with Crippen molar-refractivity contribution in [2.45, 2.75) is 19.5 Å². The van der Waals surface area contributed by atoms with Crippen molar-refractivity contribution in [1.82, 2.24) is 20.0 Å². The molecule has 24 heavy (non-hydrogen) atoms. The Morgan fingerprint density at radius 1 is 1.33 bits per heavy atom. The van der Waals surface area contributed by atoms with E-state index in [4.69, 9.17) is 0 Å². The zero-order valence-corrected chi connectivity index (χ0v) is 14.1. The molecule has 128 valence electrons. The van der Waals surface area contributed by atoms with Gasteiger partial charge in [0.05, 0.1) is 11.3 Å². The molecule has 2 atom stereocenters. The Morgan fingerprint density at radius 2 is 2.08 bits per heavy atom. The highest BCUT2D eigenvalue weighted by molar-refractivity contribution is 5.95. The summed E-state index contributed by atoms with van der Waals surface area (Å²) in [5.74, 6) is -0.0692. The predicted octanol–water partition coefficient (Wildman–Crippen LogP) is 0.951. The number of nitrogens with zero attached hydrogens (tertiary/aromatic N) is 3. The first-order valence-electron chi connectivity index (χ1n) is 8.25. The summed E-state index contributed by atoms with van der Waals surface area (Å²) in [6, 6.07) is 10.2. The van der Waals surface area contributed by atoms with Crippen molar-refractivity contribution < 1.29 is 9.90 Å². The van der Waals surface area contributed by atoms with E-state index in [2.05, 4.69) is 27.4 Å². The third-order valence-electron chi connectivity index (χ3n) is 4.57. The van der Waals surface area contributed by atoms with Gasteiger partial charge < -0.3 is 10.4 Å². The van der Waals surface area contributed by atoms with Crippen LogP contribution in [-0.4, -0.2) is 51.4 Å². The molecular formula is C18H24N4O2. The van der Waals surface area contributed by atoms with Gasteiger partial charge in [-0.3, -0.25) is 14.4 Å². The standard InChI is InChI=1S/C18H24N4O2/c1-13-16(10-21(2)20-13)18(24)19-17-11-22(9-15(17)12-23)8-14-6-4-3-5-7-14/h3-7,10,15,17,23H,8-9,11-12H2,1-2H3,(H,19,24)/t15-,17+/m0/s1. The summed E-state index contributed by atoms with van der Waals surface area (Å²) in [5.41, 5.74) is 2.55. The SMILES string of the molecule is Cc1nn(C)cc1C(=O)N[C@@H]1CN(Cc2ccccc2)C[C@H]1CO. The van der Waals surface area contributed by atoms with Crippen LogP contribution in [0.4, 0.5) is 0 Å². The number of aliphatic hydroxyl groups is 1. The molecule has 6 nitrogen and oxygen atoms in total. The largest absolute Gasteiger partial charge is 0.396 e. The van der Waals surface area contributed by atoms with Crippen LogP contribution >= 0.6 is 0 Å². The van der Waals surface area contributed by atoms with E-state index in [1.165, 1.54) is 5.56 Å². The maximum Gasteiger partial charge on any atom is 0.255 e. The van der Waals surface area contributed by atoms with E-state index in [1.807, 2.05) is 25.1 Å². The molecule has 2 N–H and O–H groups in total. The number of aliphatic hydroxyl groups excluding tert-OH is 1. The first kappa shape index (κ1) is 16.7. The predicted molar refractivity (Wildman–Crippen MR) is 91.5 cm³/mol. The second-order valence-electron chi connectivity index (χ2n) is 6.50. The van der Waals surface area contributed by atoms with Crippen LogP contribution in [-0.2, 0) is 13.6 Å². The van der Waals surface area contributed by atoms with Crippen molar-refractivity contribution in [2.24, 2.45) is 13.0 Å². The Hall–Kier alpha value is -2.18. The number of nitrogens with one attached hydrogen (secondary N) is 1. The fourth-order valence-corrected chi connectivity index (χ4v) is 3.35. The summed E-state index contributed by atoms with van der Waals surface area (Å²) in [4.78, 5) is 14.8. The first-order chi connectivity index (χ1) is 11.6. The van der Waals surface area contributed by atoms with Crippen molar-refractivity contribution in [1.29, 1.82) is 0 Å². The van der Waals surface area contributed by atoms with Gasteiger partial charge in [-0.05, 0) is 12.5 Å². The Morgan fingerprint density at radius 3 is 2.71 bits per heavy atom. The van der Waals surface area contributed by atoms with E-state index in [9.17, 15) is 9.90 Å². The number of benzene rings is 1. The van der Waals surface area contributed by atoms with Crippen LogP contribution < -0.4 is 5.32 Å². The van der Waals surface area contributed by atoms with Crippen LogP contribution in [0.1, 0.15) is 21.6 Å². The van der Waals surface area contributed by atoms with Crippen LogP contribution in [0.2, 0.25) is 0 Å². The third kappa shape index (κ3) is 3.66. The number of hydrogen-bond acceptors (Lipinski definition) is 4. The molecule has 2 aromatic rings. The lowest BCUT2D eigenvalue weighted by atomic mass is 10.0. The number of carbonyl (C=O) groups is 1. The lowest BCUT2D eigenvalue weighted by Crippen LogP contribution is -2.41. The van der Waals surface area contributed by atoms with E-state index >= 15 is 0 Å². The van der Waals surface area contributed by atoms with Gasteiger partial charge >= 0.3 is 0 Å². The van der Waals surface area contributed by atoms with Gasteiger partial charge in [0, 0.05) is 51.4 Å². The van der Waals surface area contributed by atoms with Crippen molar-refractivity contribution in [3.05, 3.63) is 53.3 Å². The normalized spacial score (nSPS) is 21.1. The van der Waals surface area contributed by atoms with Gasteiger partial charge in [-0.1, -0.05) is 30.3 Å². The number of amides is 1. The smallest absolute Gasteiger partial charge is 0.255 e. The average molecular weight is 328 g/mol. The molecule has 6 heteroatoms. The van der Waals surface area contributed by atoms with Gasteiger partial charge in [0.25, 0.3) is 5.91 Å². The zero-order valence-electron chi connectivity index (χ0n) is 14.1. The summed E-state index contributed by atoms with van der Waals surface area (Å²) in [7, 11) is 1.80. The third-order valence-corrected chi connectivity index (χ3v) is 4.57. The highest BCUT2D eigenvalue weighted by atomic mass is 16.3. The molecule has 0 unspecified atom stereocenters. The van der Waals surface area contributed by atoms with E-state index in [0.717, 1.165) is 25.3 Å². The number of likely N-dealkylation sites (tertiary alicyclic amines) is 1.